The zero-order valence-corrected chi connectivity index (χ0v) is 17.3. The molecule has 1 aromatic rings. The third-order valence-corrected chi connectivity index (χ3v) is 7.11. The number of carbonyl (C=O) groups is 2. The highest BCUT2D eigenvalue weighted by molar-refractivity contribution is 8.26. The van der Waals surface area contributed by atoms with Crippen LogP contribution in [0.4, 0.5) is 0 Å². The Kier molecular flexibility index (Phi) is 5.76. The lowest BCUT2D eigenvalue weighted by Gasteiger charge is -2.23. The Balaban J connectivity index is 1.74. The van der Waals surface area contributed by atoms with Gasteiger partial charge in [0.1, 0.15) is 10.4 Å². The van der Waals surface area contributed by atoms with E-state index in [0.29, 0.717) is 15.5 Å². The van der Waals surface area contributed by atoms with Crippen LogP contribution in [0.1, 0.15) is 12.5 Å². The molecule has 142 valence electrons. The Morgan fingerprint density at radius 1 is 1.44 bits per heavy atom. The number of sulfone groups is 1. The Bertz CT molecular complexity index is 988. The van der Waals surface area contributed by atoms with Crippen molar-refractivity contribution in [1.29, 1.82) is 0 Å². The van der Waals surface area contributed by atoms with E-state index < -0.39 is 27.8 Å². The van der Waals surface area contributed by atoms with Crippen LogP contribution in [0.3, 0.4) is 0 Å². The topological polar surface area (TPSA) is 83.6 Å². The summed E-state index contributed by atoms with van der Waals surface area (Å²) in [7, 11) is -3.28. The fraction of sp³-hybridized carbons (Fsp3) is 0.235. The van der Waals surface area contributed by atoms with Crippen LogP contribution in [-0.4, -0.2) is 47.3 Å². The van der Waals surface area contributed by atoms with E-state index >= 15 is 0 Å². The molecule has 1 fully saturated rings. The summed E-state index contributed by atoms with van der Waals surface area (Å²) in [4.78, 5) is 26.8. The molecule has 2 atom stereocenters. The average Bonchev–Trinajstić information content (AvgIpc) is 3.07. The molecule has 0 saturated carbocycles. The molecule has 1 aromatic carbocycles. The van der Waals surface area contributed by atoms with E-state index in [4.69, 9.17) is 23.8 Å². The second kappa shape index (κ2) is 7.75. The molecular weight excluding hydrogens is 428 g/mol. The van der Waals surface area contributed by atoms with Gasteiger partial charge in [-0.25, -0.2) is 8.42 Å². The van der Waals surface area contributed by atoms with Crippen molar-refractivity contribution >= 4 is 67.6 Å². The molecule has 2 aliphatic heterocycles. The maximum absolute atomic E-state index is 12.7. The normalized spacial score (nSPS) is 23.9. The summed E-state index contributed by atoms with van der Waals surface area (Å²) in [5.41, 5.74) is 0.679. The zero-order chi connectivity index (χ0) is 19.8. The predicted octanol–water partition coefficient (Wildman–Crippen LogP) is 2.36. The zero-order valence-electron chi connectivity index (χ0n) is 14.1. The molecule has 0 spiro atoms. The molecule has 2 amide bonds. The van der Waals surface area contributed by atoms with E-state index in [1.807, 2.05) is 0 Å². The maximum Gasteiger partial charge on any atom is 0.266 e. The minimum absolute atomic E-state index is 0.184. The molecule has 3 rings (SSSR count). The molecule has 6 nitrogen and oxygen atoms in total. The minimum Gasteiger partial charge on any atom is -0.347 e. The van der Waals surface area contributed by atoms with Gasteiger partial charge >= 0.3 is 0 Å². The third-order valence-electron chi connectivity index (χ3n) is 4.04. The van der Waals surface area contributed by atoms with E-state index in [9.17, 15) is 18.0 Å². The second-order valence-corrected chi connectivity index (χ2v) is 10.0. The number of thiocarbonyl (C=S) groups is 1. The Hall–Kier alpha value is -1.68. The molecule has 1 saturated heterocycles. The van der Waals surface area contributed by atoms with Crippen LogP contribution >= 0.6 is 35.6 Å². The molecule has 0 radical (unpaired) electrons. The molecule has 2 heterocycles. The van der Waals surface area contributed by atoms with E-state index in [0.717, 1.165) is 17.2 Å². The number of nitrogens with one attached hydrogen (secondary N) is 1. The fourth-order valence-corrected chi connectivity index (χ4v) is 5.47. The lowest BCUT2D eigenvalue weighted by Crippen LogP contribution is -2.49. The summed E-state index contributed by atoms with van der Waals surface area (Å²) in [5, 5.41) is 4.20. The van der Waals surface area contributed by atoms with Crippen LogP contribution in [0.2, 0.25) is 5.02 Å². The molecular formula is C17H15ClN2O4S3. The predicted molar refractivity (Wildman–Crippen MR) is 111 cm³/mol. The van der Waals surface area contributed by atoms with Gasteiger partial charge < -0.3 is 5.32 Å². The first kappa shape index (κ1) is 20.1. The second-order valence-electron chi connectivity index (χ2n) is 6.02. The smallest absolute Gasteiger partial charge is 0.266 e. The molecule has 0 aromatic heterocycles. The molecule has 2 unspecified atom stereocenters. The number of amides is 2. The van der Waals surface area contributed by atoms with Crippen molar-refractivity contribution in [2.75, 3.05) is 5.75 Å². The van der Waals surface area contributed by atoms with Crippen molar-refractivity contribution in [3.8, 4) is 0 Å². The molecule has 2 aliphatic rings. The van der Waals surface area contributed by atoms with Gasteiger partial charge in [0.2, 0.25) is 5.91 Å². The van der Waals surface area contributed by atoms with E-state index in [2.05, 4.69) is 5.32 Å². The van der Waals surface area contributed by atoms with Gasteiger partial charge in [0.25, 0.3) is 5.91 Å². The largest absolute Gasteiger partial charge is 0.347 e. The summed E-state index contributed by atoms with van der Waals surface area (Å²) < 4.78 is 23.2. The van der Waals surface area contributed by atoms with Crippen molar-refractivity contribution in [3.05, 3.63) is 51.2 Å². The van der Waals surface area contributed by atoms with E-state index in [1.54, 1.807) is 37.3 Å². The highest BCUT2D eigenvalue weighted by Gasteiger charge is 2.39. The van der Waals surface area contributed by atoms with Gasteiger partial charge in [0, 0.05) is 10.4 Å². The first-order valence-electron chi connectivity index (χ1n) is 7.91. The molecule has 27 heavy (non-hydrogen) atoms. The summed E-state index contributed by atoms with van der Waals surface area (Å²) in [6, 6.07) is 5.60. The van der Waals surface area contributed by atoms with Crippen molar-refractivity contribution < 1.29 is 18.0 Å². The summed E-state index contributed by atoms with van der Waals surface area (Å²) >= 11 is 12.5. The first-order valence-corrected chi connectivity index (χ1v) is 11.2. The fourth-order valence-electron chi connectivity index (χ4n) is 2.63. The first-order chi connectivity index (χ1) is 12.7. The van der Waals surface area contributed by atoms with Gasteiger partial charge in [-0.2, -0.15) is 0 Å². The SMILES string of the molecule is CC(C(=O)NC1C=CS(=O)(=O)C1)N1C(=O)/C(=C\c2ccccc2Cl)SC1=S. The number of nitrogens with zero attached hydrogens (tertiary/aromatic N) is 1. The van der Waals surface area contributed by atoms with Crippen molar-refractivity contribution in [3.63, 3.8) is 0 Å². The number of benzene rings is 1. The van der Waals surface area contributed by atoms with Gasteiger partial charge in [-0.3, -0.25) is 14.5 Å². The van der Waals surface area contributed by atoms with Gasteiger partial charge in [-0.1, -0.05) is 53.8 Å². The molecule has 0 bridgehead atoms. The lowest BCUT2D eigenvalue weighted by molar-refractivity contribution is -0.132. The number of hydrogen-bond donors (Lipinski definition) is 1. The minimum atomic E-state index is -3.28. The molecule has 10 heteroatoms. The van der Waals surface area contributed by atoms with Crippen LogP contribution in [0, 0.1) is 0 Å². The Labute approximate surface area is 171 Å². The number of halogens is 1. The number of thioether (sulfide) groups is 1. The number of carbonyl (C=O) groups excluding carboxylic acids is 2. The van der Waals surface area contributed by atoms with E-state index in [1.165, 1.54) is 11.0 Å². The number of hydrogen-bond acceptors (Lipinski definition) is 6. The Morgan fingerprint density at radius 2 is 2.15 bits per heavy atom. The van der Waals surface area contributed by atoms with Crippen LogP contribution in [0.25, 0.3) is 6.08 Å². The van der Waals surface area contributed by atoms with Crippen molar-refractivity contribution in [2.24, 2.45) is 0 Å². The van der Waals surface area contributed by atoms with Gasteiger partial charge in [-0.15, -0.1) is 0 Å². The molecule has 0 aliphatic carbocycles. The third kappa shape index (κ3) is 4.43. The average molecular weight is 443 g/mol. The molecule has 1 N–H and O–H groups in total. The van der Waals surface area contributed by atoms with Crippen LogP contribution in [0.15, 0.2) is 40.7 Å². The highest BCUT2D eigenvalue weighted by atomic mass is 35.5. The van der Waals surface area contributed by atoms with E-state index in [-0.39, 0.29) is 16.0 Å². The highest BCUT2D eigenvalue weighted by Crippen LogP contribution is 2.35. The van der Waals surface area contributed by atoms with Crippen LogP contribution in [0.5, 0.6) is 0 Å². The Morgan fingerprint density at radius 3 is 2.78 bits per heavy atom. The lowest BCUT2D eigenvalue weighted by atomic mass is 10.2. The number of rotatable bonds is 4. The van der Waals surface area contributed by atoms with Crippen LogP contribution < -0.4 is 5.32 Å². The summed E-state index contributed by atoms with van der Waals surface area (Å²) in [5.74, 6) is -1.05. The van der Waals surface area contributed by atoms with Crippen molar-refractivity contribution in [1.82, 2.24) is 10.2 Å². The van der Waals surface area contributed by atoms with Gasteiger partial charge in [0.05, 0.1) is 16.7 Å². The quantitative estimate of drug-likeness (QED) is 0.569. The summed E-state index contributed by atoms with van der Waals surface area (Å²) in [6.07, 6.45) is 3.06. The van der Waals surface area contributed by atoms with Crippen molar-refractivity contribution in [2.45, 2.75) is 19.0 Å². The standard InChI is InChI=1S/C17H15ClN2O4S3/c1-10(15(21)19-12-6-7-27(23,24)9-12)20-16(22)14(26-17(20)25)8-11-4-2-3-5-13(11)18/h2-8,10,12H,9H2,1H3,(H,19,21)/b14-8+. The van der Waals surface area contributed by atoms with Gasteiger partial charge in [0.15, 0.2) is 9.84 Å². The summed E-state index contributed by atoms with van der Waals surface area (Å²) in [6.45, 7) is 1.55. The van der Waals surface area contributed by atoms with Gasteiger partial charge in [-0.05, 0) is 30.7 Å². The maximum atomic E-state index is 12.7. The van der Waals surface area contributed by atoms with Crippen LogP contribution in [-0.2, 0) is 19.4 Å². The monoisotopic (exact) mass is 442 g/mol.